The summed E-state index contributed by atoms with van der Waals surface area (Å²) in [6.07, 6.45) is 3.71. The zero-order valence-corrected chi connectivity index (χ0v) is 15.1. The predicted molar refractivity (Wildman–Crippen MR) is 92.3 cm³/mol. The molecule has 0 aromatic carbocycles. The highest BCUT2D eigenvalue weighted by molar-refractivity contribution is 5.76. The summed E-state index contributed by atoms with van der Waals surface area (Å²) in [5.74, 6) is 0.311. The second-order valence-electron chi connectivity index (χ2n) is 7.09. The molecule has 2 aromatic rings. The van der Waals surface area contributed by atoms with E-state index in [-0.39, 0.29) is 5.92 Å². The van der Waals surface area contributed by atoms with Crippen molar-refractivity contribution < 1.29 is 14.4 Å². The number of hydrogen-bond acceptors (Lipinski definition) is 5. The van der Waals surface area contributed by atoms with Gasteiger partial charge in [-0.3, -0.25) is 9.58 Å². The Morgan fingerprint density at radius 3 is 2.64 bits per heavy atom. The molecule has 1 fully saturated rings. The fourth-order valence-corrected chi connectivity index (χ4v) is 3.32. The molecule has 0 radical (unpaired) electrons. The number of aromatic nitrogens is 3. The Kier molecular flexibility index (Phi) is 4.94. The summed E-state index contributed by atoms with van der Waals surface area (Å²) >= 11 is 0. The highest BCUT2D eigenvalue weighted by Crippen LogP contribution is 2.31. The molecule has 7 nitrogen and oxygen atoms in total. The SMILES string of the molecule is CCc1cc(CN2CCC(C(=O)O)(n3ccc(C(C)C)n3)CC2)on1. The lowest BCUT2D eigenvalue weighted by Crippen LogP contribution is -2.51. The molecule has 1 aliphatic heterocycles. The summed E-state index contributed by atoms with van der Waals surface area (Å²) in [4.78, 5) is 14.3. The van der Waals surface area contributed by atoms with E-state index in [1.54, 1.807) is 4.68 Å². The lowest BCUT2D eigenvalue weighted by Gasteiger charge is -2.38. The van der Waals surface area contributed by atoms with E-state index >= 15 is 0 Å². The maximum absolute atomic E-state index is 12.1. The molecule has 0 amide bonds. The van der Waals surface area contributed by atoms with Gasteiger partial charge < -0.3 is 9.63 Å². The maximum atomic E-state index is 12.1. The van der Waals surface area contributed by atoms with Crippen molar-refractivity contribution in [1.82, 2.24) is 19.8 Å². The minimum Gasteiger partial charge on any atom is -0.479 e. The van der Waals surface area contributed by atoms with Gasteiger partial charge in [-0.2, -0.15) is 5.10 Å². The highest BCUT2D eigenvalue weighted by Gasteiger charge is 2.44. The second kappa shape index (κ2) is 7.00. The summed E-state index contributed by atoms with van der Waals surface area (Å²) in [5, 5.41) is 18.4. The maximum Gasteiger partial charge on any atom is 0.331 e. The number of likely N-dealkylation sites (tertiary alicyclic amines) is 1. The number of aryl methyl sites for hydroxylation is 1. The molecular weight excluding hydrogens is 320 g/mol. The molecule has 0 atom stereocenters. The van der Waals surface area contributed by atoms with Crippen molar-refractivity contribution in [3.63, 3.8) is 0 Å². The average molecular weight is 346 g/mol. The molecule has 2 aromatic heterocycles. The predicted octanol–water partition coefficient (Wildman–Crippen LogP) is 2.63. The zero-order valence-electron chi connectivity index (χ0n) is 15.1. The summed E-state index contributed by atoms with van der Waals surface area (Å²) in [6.45, 7) is 8.20. The van der Waals surface area contributed by atoms with E-state index in [1.807, 2.05) is 25.3 Å². The molecule has 1 aliphatic rings. The quantitative estimate of drug-likeness (QED) is 0.865. The van der Waals surface area contributed by atoms with Crippen LogP contribution in [0.1, 0.15) is 56.7 Å². The number of carboxylic acids is 1. The minimum absolute atomic E-state index is 0.284. The molecule has 3 heterocycles. The molecule has 0 aliphatic carbocycles. The Labute approximate surface area is 147 Å². The normalized spacial score (nSPS) is 17.9. The van der Waals surface area contributed by atoms with Crippen LogP contribution in [-0.2, 0) is 23.3 Å². The van der Waals surface area contributed by atoms with Crippen molar-refractivity contribution in [2.24, 2.45) is 0 Å². The number of carboxylic acid groups (broad SMARTS) is 1. The van der Waals surface area contributed by atoms with Crippen molar-refractivity contribution in [2.75, 3.05) is 13.1 Å². The lowest BCUT2D eigenvalue weighted by atomic mass is 9.87. The fraction of sp³-hybridized carbons (Fsp3) is 0.611. The Bertz CT molecular complexity index is 726. The molecule has 3 rings (SSSR count). The smallest absolute Gasteiger partial charge is 0.331 e. The molecule has 136 valence electrons. The van der Waals surface area contributed by atoms with Crippen LogP contribution in [0.15, 0.2) is 22.9 Å². The third-order valence-corrected chi connectivity index (χ3v) is 5.07. The first-order valence-electron chi connectivity index (χ1n) is 8.91. The summed E-state index contributed by atoms with van der Waals surface area (Å²) in [7, 11) is 0. The summed E-state index contributed by atoms with van der Waals surface area (Å²) in [6, 6.07) is 3.89. The van der Waals surface area contributed by atoms with Crippen LogP contribution < -0.4 is 0 Å². The Hall–Kier alpha value is -2.15. The Balaban J connectivity index is 1.70. The third-order valence-electron chi connectivity index (χ3n) is 5.07. The van der Waals surface area contributed by atoms with Gasteiger partial charge in [0.1, 0.15) is 0 Å². The summed E-state index contributed by atoms with van der Waals surface area (Å²) < 4.78 is 7.00. The average Bonchev–Trinajstić information content (AvgIpc) is 3.25. The van der Waals surface area contributed by atoms with Crippen molar-refractivity contribution >= 4 is 5.97 Å². The van der Waals surface area contributed by atoms with Crippen molar-refractivity contribution in [3.8, 4) is 0 Å². The lowest BCUT2D eigenvalue weighted by molar-refractivity contribution is -0.151. The van der Waals surface area contributed by atoms with Crippen LogP contribution in [-0.4, -0.2) is 44.0 Å². The van der Waals surface area contributed by atoms with E-state index in [2.05, 4.69) is 29.0 Å². The topological polar surface area (TPSA) is 84.4 Å². The second-order valence-corrected chi connectivity index (χ2v) is 7.09. The van der Waals surface area contributed by atoms with Gasteiger partial charge in [-0.25, -0.2) is 4.79 Å². The molecule has 0 saturated carbocycles. The highest BCUT2D eigenvalue weighted by atomic mass is 16.5. The number of aliphatic carboxylic acids is 1. The largest absolute Gasteiger partial charge is 0.479 e. The van der Waals surface area contributed by atoms with E-state index < -0.39 is 11.5 Å². The number of piperidine rings is 1. The Morgan fingerprint density at radius 2 is 2.12 bits per heavy atom. The zero-order chi connectivity index (χ0) is 18.0. The van der Waals surface area contributed by atoms with E-state index in [1.165, 1.54) is 0 Å². The van der Waals surface area contributed by atoms with Crippen LogP contribution in [0.4, 0.5) is 0 Å². The number of nitrogens with zero attached hydrogens (tertiary/aromatic N) is 4. The molecule has 7 heteroatoms. The van der Waals surface area contributed by atoms with E-state index in [9.17, 15) is 9.90 Å². The first-order chi connectivity index (χ1) is 11.9. The number of hydrogen-bond donors (Lipinski definition) is 1. The van der Waals surface area contributed by atoms with Crippen LogP contribution in [0.25, 0.3) is 0 Å². The van der Waals surface area contributed by atoms with Crippen LogP contribution in [0.3, 0.4) is 0 Å². The molecule has 0 bridgehead atoms. The molecular formula is C18H26N4O3. The van der Waals surface area contributed by atoms with Gasteiger partial charge in [-0.15, -0.1) is 0 Å². The van der Waals surface area contributed by atoms with Crippen LogP contribution >= 0.6 is 0 Å². The molecule has 1 saturated heterocycles. The van der Waals surface area contributed by atoms with Gasteiger partial charge in [-0.05, 0) is 31.2 Å². The van der Waals surface area contributed by atoms with Crippen LogP contribution in [0.2, 0.25) is 0 Å². The minimum atomic E-state index is -0.959. The van der Waals surface area contributed by atoms with Gasteiger partial charge in [0.2, 0.25) is 0 Å². The first kappa shape index (κ1) is 17.7. The molecule has 0 unspecified atom stereocenters. The molecule has 0 spiro atoms. The van der Waals surface area contributed by atoms with Gasteiger partial charge in [0, 0.05) is 25.4 Å². The van der Waals surface area contributed by atoms with Crippen LogP contribution in [0, 0.1) is 0 Å². The van der Waals surface area contributed by atoms with Gasteiger partial charge in [0.25, 0.3) is 0 Å². The van der Waals surface area contributed by atoms with E-state index in [0.717, 1.165) is 23.6 Å². The van der Waals surface area contributed by atoms with Gasteiger partial charge in [0.05, 0.1) is 17.9 Å². The summed E-state index contributed by atoms with van der Waals surface area (Å²) in [5.41, 5.74) is 0.918. The van der Waals surface area contributed by atoms with Crippen LogP contribution in [0.5, 0.6) is 0 Å². The van der Waals surface area contributed by atoms with Crippen molar-refractivity contribution in [2.45, 2.75) is 58.0 Å². The van der Waals surface area contributed by atoms with E-state index in [4.69, 9.17) is 4.52 Å². The first-order valence-corrected chi connectivity index (χ1v) is 8.91. The van der Waals surface area contributed by atoms with E-state index in [0.29, 0.717) is 32.5 Å². The third kappa shape index (κ3) is 3.46. The van der Waals surface area contributed by atoms with Crippen molar-refractivity contribution in [1.29, 1.82) is 0 Å². The number of carbonyl (C=O) groups is 1. The standard InChI is InChI=1S/C18H26N4O3/c1-4-14-11-15(25-20-14)12-21-9-6-18(7-10-21,17(23)24)22-8-5-16(19-22)13(2)3/h5,8,11,13H,4,6-7,9-10,12H2,1-3H3,(H,23,24). The van der Waals surface area contributed by atoms with Gasteiger partial charge in [-0.1, -0.05) is 25.9 Å². The molecule has 1 N–H and O–H groups in total. The Morgan fingerprint density at radius 1 is 1.40 bits per heavy atom. The van der Waals surface area contributed by atoms with Gasteiger partial charge in [0.15, 0.2) is 11.3 Å². The monoisotopic (exact) mass is 346 g/mol. The molecule has 25 heavy (non-hydrogen) atoms. The van der Waals surface area contributed by atoms with Gasteiger partial charge >= 0.3 is 5.97 Å². The number of rotatable bonds is 6. The van der Waals surface area contributed by atoms with Crippen molar-refractivity contribution in [3.05, 3.63) is 35.5 Å². The fourth-order valence-electron chi connectivity index (χ4n) is 3.32.